The van der Waals surface area contributed by atoms with Gasteiger partial charge in [0.05, 0.1) is 30.0 Å². The highest BCUT2D eigenvalue weighted by Crippen LogP contribution is 2.17. The van der Waals surface area contributed by atoms with Crippen LogP contribution in [0.2, 0.25) is 0 Å². The van der Waals surface area contributed by atoms with Gasteiger partial charge in [-0.3, -0.25) is 4.79 Å². The molecule has 0 aliphatic carbocycles. The lowest BCUT2D eigenvalue weighted by Crippen LogP contribution is -2.45. The molecule has 1 aromatic heterocycles. The first kappa shape index (κ1) is 25.6. The average Bonchev–Trinajstić information content (AvgIpc) is 2.84. The summed E-state index contributed by atoms with van der Waals surface area (Å²) in [7, 11) is 3.29. The summed E-state index contributed by atoms with van der Waals surface area (Å²) in [4.78, 5) is 20.9. The van der Waals surface area contributed by atoms with Crippen LogP contribution in [0.3, 0.4) is 0 Å². The van der Waals surface area contributed by atoms with E-state index in [-0.39, 0.29) is 11.9 Å². The van der Waals surface area contributed by atoms with Gasteiger partial charge in [-0.05, 0) is 44.2 Å². The minimum atomic E-state index is -0.359. The summed E-state index contributed by atoms with van der Waals surface area (Å²) < 4.78 is 5.02. The van der Waals surface area contributed by atoms with E-state index in [9.17, 15) is 4.79 Å². The van der Waals surface area contributed by atoms with E-state index in [0.717, 1.165) is 25.1 Å². The van der Waals surface area contributed by atoms with Crippen LogP contribution >= 0.6 is 0 Å². The summed E-state index contributed by atoms with van der Waals surface area (Å²) >= 11 is 0. The first-order valence-electron chi connectivity index (χ1n) is 10.9. The summed E-state index contributed by atoms with van der Waals surface area (Å²) in [5.74, 6) is 7.28. The molecule has 0 saturated carbocycles. The summed E-state index contributed by atoms with van der Waals surface area (Å²) in [6, 6.07) is 8.82. The van der Waals surface area contributed by atoms with E-state index in [1.165, 1.54) is 0 Å². The third kappa shape index (κ3) is 8.77. The van der Waals surface area contributed by atoms with Crippen molar-refractivity contribution in [3.63, 3.8) is 0 Å². The smallest absolute Gasteiger partial charge is 0.239 e. The van der Waals surface area contributed by atoms with Crippen LogP contribution in [0.1, 0.15) is 37.3 Å². The maximum Gasteiger partial charge on any atom is 0.239 e. The average molecular weight is 450 g/mol. The Morgan fingerprint density at radius 2 is 2.03 bits per heavy atom. The standard InChI is InChI=1S/C24H31N7O2/c1-4-13-27-22-19(8-6-5-7-14-28-23(32)21(26-2)17-33-3)16-29-24(31-22)30-20-11-9-18(15-25)10-12-20/h9-12,16,21,26H,4-5,7,13-14,17H2,1-3H3,(H,28,32)(H2,27,29,30,31)/t21-/m0/s1. The van der Waals surface area contributed by atoms with Crippen LogP contribution < -0.4 is 21.3 Å². The number of benzene rings is 1. The Bertz CT molecular complexity index is 991. The van der Waals surface area contributed by atoms with Crippen LogP contribution in [0.4, 0.5) is 17.5 Å². The number of amides is 1. The van der Waals surface area contributed by atoms with Crippen molar-refractivity contribution in [2.75, 3.05) is 44.5 Å². The first-order chi connectivity index (χ1) is 16.1. The summed E-state index contributed by atoms with van der Waals surface area (Å²) in [5, 5.41) is 21.2. The number of nitrogens with zero attached hydrogens (tertiary/aromatic N) is 3. The molecule has 4 N–H and O–H groups in total. The van der Waals surface area contributed by atoms with Gasteiger partial charge in [0.25, 0.3) is 0 Å². The van der Waals surface area contributed by atoms with Gasteiger partial charge in [0.2, 0.25) is 11.9 Å². The lowest BCUT2D eigenvalue weighted by molar-refractivity contribution is -0.124. The topological polar surface area (TPSA) is 124 Å². The molecule has 2 rings (SSSR count). The predicted octanol–water partition coefficient (Wildman–Crippen LogP) is 2.40. The number of carbonyl (C=O) groups is 1. The molecule has 1 atom stereocenters. The second-order valence-corrected chi connectivity index (χ2v) is 7.19. The number of hydrogen-bond acceptors (Lipinski definition) is 8. The Morgan fingerprint density at radius 3 is 2.70 bits per heavy atom. The monoisotopic (exact) mass is 449 g/mol. The number of rotatable bonds is 12. The summed E-state index contributed by atoms with van der Waals surface area (Å²) in [6.07, 6.45) is 4.01. The van der Waals surface area contributed by atoms with Gasteiger partial charge >= 0.3 is 0 Å². The number of aromatic nitrogens is 2. The van der Waals surface area contributed by atoms with E-state index >= 15 is 0 Å². The third-order valence-electron chi connectivity index (χ3n) is 4.60. The zero-order valence-corrected chi connectivity index (χ0v) is 19.4. The lowest BCUT2D eigenvalue weighted by Gasteiger charge is -2.14. The van der Waals surface area contributed by atoms with E-state index in [2.05, 4.69) is 56.1 Å². The van der Waals surface area contributed by atoms with Crippen molar-refractivity contribution < 1.29 is 9.53 Å². The molecule has 0 aliphatic rings. The van der Waals surface area contributed by atoms with Crippen molar-refractivity contribution in [3.8, 4) is 17.9 Å². The second kappa shape index (κ2) is 14.4. The molecule has 1 amide bonds. The molecule has 2 aromatic rings. The van der Waals surface area contributed by atoms with Crippen molar-refractivity contribution in [1.29, 1.82) is 5.26 Å². The third-order valence-corrected chi connectivity index (χ3v) is 4.60. The molecule has 0 unspecified atom stereocenters. The molecule has 0 fully saturated rings. The van der Waals surface area contributed by atoms with Crippen LogP contribution in [-0.2, 0) is 9.53 Å². The van der Waals surface area contributed by atoms with Crippen molar-refractivity contribution in [2.45, 2.75) is 32.2 Å². The second-order valence-electron chi connectivity index (χ2n) is 7.19. The van der Waals surface area contributed by atoms with E-state index < -0.39 is 0 Å². The molecule has 0 spiro atoms. The van der Waals surface area contributed by atoms with Crippen molar-refractivity contribution >= 4 is 23.4 Å². The van der Waals surface area contributed by atoms with Crippen molar-refractivity contribution in [1.82, 2.24) is 20.6 Å². The molecule has 0 aliphatic heterocycles. The summed E-state index contributed by atoms with van der Waals surface area (Å²) in [5.41, 5.74) is 2.10. The fourth-order valence-corrected chi connectivity index (χ4v) is 2.79. The summed E-state index contributed by atoms with van der Waals surface area (Å²) in [6.45, 7) is 3.71. The van der Waals surface area contributed by atoms with Crippen LogP contribution in [0, 0.1) is 23.2 Å². The molecule has 0 saturated heterocycles. The Labute approximate surface area is 195 Å². The Morgan fingerprint density at radius 1 is 1.24 bits per heavy atom. The molecular formula is C24H31N7O2. The highest BCUT2D eigenvalue weighted by Gasteiger charge is 2.14. The van der Waals surface area contributed by atoms with Gasteiger partial charge in [0, 0.05) is 32.3 Å². The maximum absolute atomic E-state index is 12.0. The van der Waals surface area contributed by atoms with E-state index in [1.807, 2.05) is 12.1 Å². The number of ether oxygens (including phenoxy) is 1. The van der Waals surface area contributed by atoms with Gasteiger partial charge in [-0.25, -0.2) is 4.98 Å². The van der Waals surface area contributed by atoms with Gasteiger partial charge in [-0.15, -0.1) is 0 Å². The minimum Gasteiger partial charge on any atom is -0.383 e. The van der Waals surface area contributed by atoms with E-state index in [0.29, 0.717) is 42.5 Å². The molecule has 0 bridgehead atoms. The number of anilines is 3. The molecule has 9 heteroatoms. The molecule has 0 radical (unpaired) electrons. The Kier molecular flexibility index (Phi) is 11.2. The van der Waals surface area contributed by atoms with Gasteiger partial charge in [-0.2, -0.15) is 10.2 Å². The van der Waals surface area contributed by atoms with Gasteiger partial charge in [0.1, 0.15) is 11.9 Å². The van der Waals surface area contributed by atoms with Gasteiger partial charge in [0.15, 0.2) is 0 Å². The van der Waals surface area contributed by atoms with Crippen LogP contribution in [0.25, 0.3) is 0 Å². The number of unbranched alkanes of at least 4 members (excludes halogenated alkanes) is 1. The fourth-order valence-electron chi connectivity index (χ4n) is 2.79. The normalized spacial score (nSPS) is 11.0. The van der Waals surface area contributed by atoms with Gasteiger partial charge in [-0.1, -0.05) is 18.8 Å². The number of nitriles is 1. The number of methoxy groups -OCH3 is 1. The lowest BCUT2D eigenvalue weighted by atomic mass is 10.2. The zero-order chi connectivity index (χ0) is 23.9. The van der Waals surface area contributed by atoms with Crippen molar-refractivity contribution in [2.24, 2.45) is 0 Å². The number of hydrogen-bond donors (Lipinski definition) is 4. The molecular weight excluding hydrogens is 418 g/mol. The Balaban J connectivity index is 1.95. The van der Waals surface area contributed by atoms with Crippen molar-refractivity contribution in [3.05, 3.63) is 41.6 Å². The first-order valence-corrected chi connectivity index (χ1v) is 10.9. The molecule has 1 aromatic carbocycles. The molecule has 174 valence electrons. The van der Waals surface area contributed by atoms with Crippen LogP contribution in [0.15, 0.2) is 30.5 Å². The quantitative estimate of drug-likeness (QED) is 0.288. The largest absolute Gasteiger partial charge is 0.383 e. The number of carbonyl (C=O) groups excluding carboxylic acids is 1. The highest BCUT2D eigenvalue weighted by atomic mass is 16.5. The zero-order valence-electron chi connectivity index (χ0n) is 19.4. The molecule has 33 heavy (non-hydrogen) atoms. The highest BCUT2D eigenvalue weighted by molar-refractivity contribution is 5.81. The number of likely N-dealkylation sites (N-methyl/N-ethyl adjacent to an activating group) is 1. The van der Waals surface area contributed by atoms with Crippen LogP contribution in [0.5, 0.6) is 0 Å². The minimum absolute atomic E-state index is 0.0860. The maximum atomic E-state index is 12.0. The predicted molar refractivity (Wildman–Crippen MR) is 129 cm³/mol. The van der Waals surface area contributed by atoms with Gasteiger partial charge < -0.3 is 26.0 Å². The van der Waals surface area contributed by atoms with E-state index in [4.69, 9.17) is 10.00 Å². The number of nitrogens with one attached hydrogen (secondary N) is 4. The Hall–Kier alpha value is -3.66. The SMILES string of the molecule is CCCNc1nc(Nc2ccc(C#N)cc2)ncc1C#CCCCNC(=O)[C@H](COC)NC. The molecule has 1 heterocycles. The fraction of sp³-hybridized carbons (Fsp3) is 0.417. The van der Waals surface area contributed by atoms with Crippen LogP contribution in [-0.4, -0.2) is 55.8 Å². The van der Waals surface area contributed by atoms with E-state index in [1.54, 1.807) is 32.5 Å². The molecule has 9 nitrogen and oxygen atoms in total.